The molecule has 1 aromatic carbocycles. The van der Waals surface area contributed by atoms with E-state index in [1.54, 1.807) is 18.2 Å². The second-order valence-corrected chi connectivity index (χ2v) is 6.12. The van der Waals surface area contributed by atoms with E-state index >= 15 is 0 Å². The average molecular weight is 379 g/mol. The third kappa shape index (κ3) is 12.7. The summed E-state index contributed by atoms with van der Waals surface area (Å²) in [5.74, 6) is -0.617. The summed E-state index contributed by atoms with van der Waals surface area (Å²) < 4.78 is 10.1. The number of unbranched alkanes of at least 4 members (excludes halogenated alkanes) is 1. The molecule has 0 saturated heterocycles. The third-order valence-corrected chi connectivity index (χ3v) is 3.63. The van der Waals surface area contributed by atoms with E-state index in [0.717, 1.165) is 25.7 Å². The minimum Gasteiger partial charge on any atom is -0.507 e. The van der Waals surface area contributed by atoms with Gasteiger partial charge in [-0.3, -0.25) is 4.79 Å². The maximum absolute atomic E-state index is 11.5. The fourth-order valence-electron chi connectivity index (χ4n) is 2.09. The number of allylic oxidation sites excluding steroid dienone is 1. The topological polar surface area (TPSA) is 72.8 Å². The molecular formula is C22H34O5. The van der Waals surface area contributed by atoms with E-state index in [1.807, 2.05) is 32.9 Å². The monoisotopic (exact) mass is 378 g/mol. The van der Waals surface area contributed by atoms with Crippen LogP contribution < -0.4 is 0 Å². The first-order valence-electron chi connectivity index (χ1n) is 9.75. The first kappa shape index (κ1) is 24.7. The predicted molar refractivity (Wildman–Crippen MR) is 108 cm³/mol. The smallest absolute Gasteiger partial charge is 0.341 e. The number of benzene rings is 1. The van der Waals surface area contributed by atoms with Crippen LogP contribution in [0.5, 0.6) is 5.75 Å². The Balaban J connectivity index is 0.000000541. The van der Waals surface area contributed by atoms with E-state index in [-0.39, 0.29) is 23.4 Å². The molecule has 152 valence electrons. The number of ether oxygens (including phenoxy) is 2. The largest absolute Gasteiger partial charge is 0.507 e. The van der Waals surface area contributed by atoms with Gasteiger partial charge >= 0.3 is 11.9 Å². The summed E-state index contributed by atoms with van der Waals surface area (Å²) in [6.45, 7) is 8.28. The second-order valence-electron chi connectivity index (χ2n) is 6.12. The molecule has 1 rings (SSSR count). The van der Waals surface area contributed by atoms with Crippen LogP contribution in [0.15, 0.2) is 36.4 Å². The number of esters is 2. The molecule has 0 aliphatic rings. The Morgan fingerprint density at radius 3 is 2.44 bits per heavy atom. The zero-order chi connectivity index (χ0) is 20.5. The van der Waals surface area contributed by atoms with Gasteiger partial charge in [-0.05, 0) is 38.3 Å². The van der Waals surface area contributed by atoms with Crippen LogP contribution in [-0.2, 0) is 14.3 Å². The highest BCUT2D eigenvalue weighted by Gasteiger charge is 2.10. The number of aromatic hydroxyl groups is 1. The van der Waals surface area contributed by atoms with Crippen LogP contribution in [-0.4, -0.2) is 29.8 Å². The van der Waals surface area contributed by atoms with E-state index in [1.165, 1.54) is 6.07 Å². The number of carbonyl (C=O) groups excluding carboxylic acids is 2. The zero-order valence-corrected chi connectivity index (χ0v) is 17.1. The maximum atomic E-state index is 11.5. The third-order valence-electron chi connectivity index (χ3n) is 3.63. The van der Waals surface area contributed by atoms with Gasteiger partial charge in [0, 0.05) is 6.42 Å². The molecule has 1 N–H and O–H groups in total. The Kier molecular flexibility index (Phi) is 14.6. The highest BCUT2D eigenvalue weighted by atomic mass is 16.5. The van der Waals surface area contributed by atoms with E-state index in [0.29, 0.717) is 19.4 Å². The number of phenolic OH excluding ortho intramolecular Hbond substituents is 1. The summed E-state index contributed by atoms with van der Waals surface area (Å²) in [5, 5.41) is 9.41. The summed E-state index contributed by atoms with van der Waals surface area (Å²) in [4.78, 5) is 22.3. The van der Waals surface area contributed by atoms with Crippen molar-refractivity contribution in [2.24, 2.45) is 0 Å². The number of hydrogen-bond acceptors (Lipinski definition) is 5. The molecule has 27 heavy (non-hydrogen) atoms. The lowest BCUT2D eigenvalue weighted by molar-refractivity contribution is -0.148. The molecule has 0 aromatic heterocycles. The number of rotatable bonds is 10. The molecule has 0 radical (unpaired) electrons. The molecule has 0 aliphatic heterocycles. The minimum absolute atomic E-state index is 0.0448. The van der Waals surface area contributed by atoms with Gasteiger partial charge in [-0.2, -0.15) is 0 Å². The Hall–Kier alpha value is -2.30. The van der Waals surface area contributed by atoms with E-state index in [4.69, 9.17) is 9.47 Å². The van der Waals surface area contributed by atoms with Crippen molar-refractivity contribution in [3.05, 3.63) is 42.0 Å². The van der Waals surface area contributed by atoms with Crippen molar-refractivity contribution in [1.29, 1.82) is 0 Å². The van der Waals surface area contributed by atoms with Gasteiger partial charge < -0.3 is 14.6 Å². The van der Waals surface area contributed by atoms with Crippen molar-refractivity contribution >= 4 is 11.9 Å². The number of carbonyl (C=O) groups is 2. The molecule has 0 bridgehead atoms. The van der Waals surface area contributed by atoms with Gasteiger partial charge in [0.2, 0.25) is 0 Å². The first-order valence-corrected chi connectivity index (χ1v) is 9.75. The van der Waals surface area contributed by atoms with Crippen LogP contribution in [0.2, 0.25) is 0 Å². The standard InChI is InChI=1S/C13H16O3.C9H18O2/c1-2-3-4-7-10-16-13(15)11-8-5-6-9-12(11)14;1-4-6-7-8(3)11-9(10)5-2/h3-6,8-9,14H,2,7,10H2,1H3;8H,4-7H2,1-3H3. The molecule has 0 spiro atoms. The van der Waals surface area contributed by atoms with E-state index in [9.17, 15) is 14.7 Å². The van der Waals surface area contributed by atoms with Crippen LogP contribution in [0.3, 0.4) is 0 Å². The molecule has 0 fully saturated rings. The highest BCUT2D eigenvalue weighted by Crippen LogP contribution is 2.16. The summed E-state index contributed by atoms with van der Waals surface area (Å²) in [6, 6.07) is 6.36. The number of hydrogen-bond donors (Lipinski definition) is 1. The van der Waals surface area contributed by atoms with Gasteiger partial charge in [0.15, 0.2) is 0 Å². The lowest BCUT2D eigenvalue weighted by Crippen LogP contribution is -2.13. The lowest BCUT2D eigenvalue weighted by atomic mass is 10.2. The molecule has 0 saturated carbocycles. The molecule has 1 atom stereocenters. The minimum atomic E-state index is -0.483. The zero-order valence-electron chi connectivity index (χ0n) is 17.1. The number of phenols is 1. The second kappa shape index (κ2) is 15.9. The Morgan fingerprint density at radius 1 is 1.15 bits per heavy atom. The molecule has 0 aliphatic carbocycles. The molecule has 0 amide bonds. The molecule has 0 heterocycles. The number of para-hydroxylation sites is 1. The SMILES string of the molecule is CCC=CCCOC(=O)c1ccccc1O.CCCCC(C)OC(=O)CC. The lowest BCUT2D eigenvalue weighted by Gasteiger charge is -2.11. The maximum Gasteiger partial charge on any atom is 0.341 e. The molecule has 1 unspecified atom stereocenters. The van der Waals surface area contributed by atoms with Crippen LogP contribution in [0.25, 0.3) is 0 Å². The van der Waals surface area contributed by atoms with Crippen molar-refractivity contribution < 1.29 is 24.2 Å². The van der Waals surface area contributed by atoms with E-state index < -0.39 is 5.97 Å². The first-order chi connectivity index (χ1) is 13.0. The van der Waals surface area contributed by atoms with Crippen molar-refractivity contribution in [3.8, 4) is 5.75 Å². The van der Waals surface area contributed by atoms with Gasteiger partial charge in [0.05, 0.1) is 12.7 Å². The fraction of sp³-hybridized carbons (Fsp3) is 0.545. The molecule has 5 nitrogen and oxygen atoms in total. The Bertz CT molecular complexity index is 566. The van der Waals surface area contributed by atoms with Crippen molar-refractivity contribution in [1.82, 2.24) is 0 Å². The van der Waals surface area contributed by atoms with Crippen LogP contribution in [0, 0.1) is 0 Å². The highest BCUT2D eigenvalue weighted by molar-refractivity contribution is 5.92. The van der Waals surface area contributed by atoms with Crippen molar-refractivity contribution in [2.45, 2.75) is 72.3 Å². The van der Waals surface area contributed by atoms with Gasteiger partial charge in [-0.1, -0.05) is 57.9 Å². The van der Waals surface area contributed by atoms with Gasteiger partial charge in [0.1, 0.15) is 11.3 Å². The Labute approximate surface area is 163 Å². The van der Waals surface area contributed by atoms with Gasteiger partial charge in [0.25, 0.3) is 0 Å². The summed E-state index contributed by atoms with van der Waals surface area (Å²) in [5.41, 5.74) is 0.210. The van der Waals surface area contributed by atoms with Crippen LogP contribution in [0.1, 0.15) is 76.6 Å². The molecular weight excluding hydrogens is 344 g/mol. The van der Waals surface area contributed by atoms with Crippen molar-refractivity contribution in [3.63, 3.8) is 0 Å². The quantitative estimate of drug-likeness (QED) is 0.334. The van der Waals surface area contributed by atoms with Crippen LogP contribution in [0.4, 0.5) is 0 Å². The Morgan fingerprint density at radius 2 is 1.85 bits per heavy atom. The fourth-order valence-corrected chi connectivity index (χ4v) is 2.09. The predicted octanol–water partition coefficient (Wildman–Crippen LogP) is 5.42. The summed E-state index contributed by atoms with van der Waals surface area (Å²) >= 11 is 0. The molecule has 5 heteroatoms. The average Bonchev–Trinajstić information content (AvgIpc) is 2.66. The summed E-state index contributed by atoms with van der Waals surface area (Å²) in [6.07, 6.45) is 9.54. The normalized spacial score (nSPS) is 11.4. The van der Waals surface area contributed by atoms with E-state index in [2.05, 4.69) is 6.92 Å². The van der Waals surface area contributed by atoms with Crippen molar-refractivity contribution in [2.75, 3.05) is 6.61 Å². The molecule has 1 aromatic rings. The van der Waals surface area contributed by atoms with Gasteiger partial charge in [-0.15, -0.1) is 0 Å². The van der Waals surface area contributed by atoms with Crippen LogP contribution >= 0.6 is 0 Å². The summed E-state index contributed by atoms with van der Waals surface area (Å²) in [7, 11) is 0. The van der Waals surface area contributed by atoms with Gasteiger partial charge in [-0.25, -0.2) is 4.79 Å².